The minimum absolute atomic E-state index is 0.0432. The summed E-state index contributed by atoms with van der Waals surface area (Å²) < 4.78 is 12.6. The van der Waals surface area contributed by atoms with E-state index in [4.69, 9.17) is 20.8 Å². The highest BCUT2D eigenvalue weighted by Gasteiger charge is 2.12. The van der Waals surface area contributed by atoms with Gasteiger partial charge in [0.05, 0.1) is 11.9 Å². The van der Waals surface area contributed by atoms with Crippen molar-refractivity contribution in [3.8, 4) is 11.3 Å². The third kappa shape index (κ3) is 4.89. The van der Waals surface area contributed by atoms with Gasteiger partial charge in [0.25, 0.3) is 0 Å². The highest BCUT2D eigenvalue weighted by atomic mass is 35.5. The molecule has 0 radical (unpaired) electrons. The molecule has 3 rings (SSSR count). The summed E-state index contributed by atoms with van der Waals surface area (Å²) in [5.41, 5.74) is 2.40. The van der Waals surface area contributed by atoms with Gasteiger partial charge in [-0.15, -0.1) is 0 Å². The van der Waals surface area contributed by atoms with Gasteiger partial charge in [-0.2, -0.15) is 5.10 Å². The maximum absolute atomic E-state index is 12.0. The Kier molecular flexibility index (Phi) is 6.66. The van der Waals surface area contributed by atoms with E-state index in [0.717, 1.165) is 36.2 Å². The third-order valence-corrected chi connectivity index (χ3v) is 4.57. The number of hydrogen-bond donors (Lipinski definition) is 0. The summed E-state index contributed by atoms with van der Waals surface area (Å²) in [6.07, 6.45) is 6.62. The number of aromatic nitrogens is 3. The number of esters is 1. The Labute approximate surface area is 168 Å². The SMILES string of the molecule is CCCCn1nc(C)c(/C=C/C(=O)OCc2ncc(-c3ccccc3)o2)c1Cl. The first-order valence-electron chi connectivity index (χ1n) is 9.16. The smallest absolute Gasteiger partial charge is 0.331 e. The van der Waals surface area contributed by atoms with Crippen LogP contribution in [0.2, 0.25) is 5.15 Å². The van der Waals surface area contributed by atoms with E-state index in [2.05, 4.69) is 17.0 Å². The second kappa shape index (κ2) is 9.37. The number of carbonyl (C=O) groups excluding carboxylic acids is 1. The number of unbranched alkanes of at least 4 members (excludes halogenated alkanes) is 1. The Hall–Kier alpha value is -2.86. The van der Waals surface area contributed by atoms with E-state index in [1.807, 2.05) is 37.3 Å². The van der Waals surface area contributed by atoms with Crippen molar-refractivity contribution in [2.24, 2.45) is 0 Å². The highest BCUT2D eigenvalue weighted by Crippen LogP contribution is 2.22. The van der Waals surface area contributed by atoms with Gasteiger partial charge in [-0.1, -0.05) is 55.3 Å². The summed E-state index contributed by atoms with van der Waals surface area (Å²) >= 11 is 6.35. The van der Waals surface area contributed by atoms with Crippen molar-refractivity contribution in [1.29, 1.82) is 0 Å². The van der Waals surface area contributed by atoms with Crippen LogP contribution in [0.1, 0.15) is 36.9 Å². The number of rotatable bonds is 8. The van der Waals surface area contributed by atoms with Crippen LogP contribution in [0.5, 0.6) is 0 Å². The summed E-state index contributed by atoms with van der Waals surface area (Å²) in [5, 5.41) is 4.93. The van der Waals surface area contributed by atoms with Crippen molar-refractivity contribution in [3.05, 3.63) is 64.9 Å². The topological polar surface area (TPSA) is 70.2 Å². The zero-order valence-electron chi connectivity index (χ0n) is 15.9. The molecule has 3 aromatic rings. The van der Waals surface area contributed by atoms with Crippen molar-refractivity contribution < 1.29 is 13.9 Å². The largest absolute Gasteiger partial charge is 0.453 e. The maximum Gasteiger partial charge on any atom is 0.331 e. The van der Waals surface area contributed by atoms with Gasteiger partial charge < -0.3 is 9.15 Å². The molecule has 0 spiro atoms. The number of halogens is 1. The van der Waals surface area contributed by atoms with Crippen LogP contribution in [-0.4, -0.2) is 20.7 Å². The van der Waals surface area contributed by atoms with E-state index in [1.54, 1.807) is 17.0 Å². The fourth-order valence-corrected chi connectivity index (χ4v) is 2.98. The van der Waals surface area contributed by atoms with E-state index < -0.39 is 5.97 Å². The molecule has 0 atom stereocenters. The van der Waals surface area contributed by atoms with Crippen LogP contribution in [0.4, 0.5) is 0 Å². The first kappa shape index (κ1) is 19.9. The van der Waals surface area contributed by atoms with Crippen LogP contribution in [0.3, 0.4) is 0 Å². The van der Waals surface area contributed by atoms with Crippen LogP contribution in [-0.2, 0) is 22.7 Å². The van der Waals surface area contributed by atoms with E-state index in [0.29, 0.717) is 16.8 Å². The third-order valence-electron chi connectivity index (χ3n) is 4.17. The lowest BCUT2D eigenvalue weighted by Gasteiger charge is -2.01. The van der Waals surface area contributed by atoms with E-state index in [-0.39, 0.29) is 6.61 Å². The van der Waals surface area contributed by atoms with Crippen molar-refractivity contribution >= 4 is 23.6 Å². The normalized spacial score (nSPS) is 11.2. The number of carbonyl (C=O) groups is 1. The Balaban J connectivity index is 1.58. The molecule has 0 unspecified atom stereocenters. The summed E-state index contributed by atoms with van der Waals surface area (Å²) in [6.45, 7) is 4.68. The second-order valence-corrected chi connectivity index (χ2v) is 6.65. The first-order chi connectivity index (χ1) is 13.6. The maximum atomic E-state index is 12.0. The minimum Gasteiger partial charge on any atom is -0.453 e. The molecule has 7 heteroatoms. The number of oxazole rings is 1. The second-order valence-electron chi connectivity index (χ2n) is 6.29. The van der Waals surface area contributed by atoms with Crippen LogP contribution < -0.4 is 0 Å². The van der Waals surface area contributed by atoms with Crippen molar-refractivity contribution in [3.63, 3.8) is 0 Å². The Morgan fingerprint density at radius 3 is 2.86 bits per heavy atom. The molecular weight excluding hydrogens is 378 g/mol. The molecule has 0 aliphatic carbocycles. The van der Waals surface area contributed by atoms with Crippen LogP contribution in [0.25, 0.3) is 17.4 Å². The Morgan fingerprint density at radius 1 is 1.32 bits per heavy atom. The molecule has 0 N–H and O–H groups in total. The van der Waals surface area contributed by atoms with E-state index in [9.17, 15) is 4.79 Å². The van der Waals surface area contributed by atoms with E-state index >= 15 is 0 Å². The van der Waals surface area contributed by atoms with Gasteiger partial charge in [0.1, 0.15) is 5.15 Å². The zero-order chi connectivity index (χ0) is 19.9. The average molecular weight is 400 g/mol. The molecule has 2 aromatic heterocycles. The predicted octanol–water partition coefficient (Wildman–Crippen LogP) is 5.06. The lowest BCUT2D eigenvalue weighted by Crippen LogP contribution is -2.01. The van der Waals surface area contributed by atoms with E-state index in [1.165, 1.54) is 6.08 Å². The number of ether oxygens (including phenoxy) is 1. The first-order valence-corrected chi connectivity index (χ1v) is 9.54. The molecular formula is C21H22ClN3O3. The average Bonchev–Trinajstić information content (AvgIpc) is 3.29. The molecule has 146 valence electrons. The van der Waals surface area contributed by atoms with Gasteiger partial charge in [0.2, 0.25) is 5.89 Å². The van der Waals surface area contributed by atoms with Gasteiger partial charge >= 0.3 is 5.97 Å². The van der Waals surface area contributed by atoms with Gasteiger partial charge in [0.15, 0.2) is 12.4 Å². The van der Waals surface area contributed by atoms with Gasteiger partial charge in [0, 0.05) is 23.7 Å². The fraction of sp³-hybridized carbons (Fsp3) is 0.286. The van der Waals surface area contributed by atoms with Crippen molar-refractivity contribution in [2.75, 3.05) is 0 Å². The summed E-state index contributed by atoms with van der Waals surface area (Å²) in [5.74, 6) is 0.461. The van der Waals surface area contributed by atoms with Crippen LogP contribution >= 0.6 is 11.6 Å². The molecule has 1 aromatic carbocycles. The predicted molar refractivity (Wildman–Crippen MR) is 108 cm³/mol. The molecule has 0 amide bonds. The molecule has 0 saturated carbocycles. The standard InChI is InChI=1S/C21H22ClN3O3/c1-3-4-12-25-21(22)17(15(2)24-25)10-11-20(26)27-14-19-23-13-18(28-19)16-8-6-5-7-9-16/h5-11,13H,3-4,12,14H2,1-2H3/b11-10+. The van der Waals surface area contributed by atoms with Gasteiger partial charge in [-0.05, 0) is 19.4 Å². The number of nitrogens with zero attached hydrogens (tertiary/aromatic N) is 3. The molecule has 28 heavy (non-hydrogen) atoms. The number of hydrogen-bond acceptors (Lipinski definition) is 5. The monoisotopic (exact) mass is 399 g/mol. The minimum atomic E-state index is -0.503. The number of aryl methyl sites for hydroxylation is 2. The van der Waals surface area contributed by atoms with Crippen LogP contribution in [0.15, 0.2) is 47.0 Å². The summed E-state index contributed by atoms with van der Waals surface area (Å²) in [6, 6.07) is 9.60. The van der Waals surface area contributed by atoms with Gasteiger partial charge in [-0.25, -0.2) is 9.78 Å². The lowest BCUT2D eigenvalue weighted by atomic mass is 10.2. The molecule has 0 bridgehead atoms. The lowest BCUT2D eigenvalue weighted by molar-refractivity contribution is -0.139. The van der Waals surface area contributed by atoms with Crippen molar-refractivity contribution in [2.45, 2.75) is 39.8 Å². The summed E-state index contributed by atoms with van der Waals surface area (Å²) in [4.78, 5) is 16.2. The zero-order valence-corrected chi connectivity index (χ0v) is 16.6. The van der Waals surface area contributed by atoms with Crippen LogP contribution in [0, 0.1) is 6.92 Å². The van der Waals surface area contributed by atoms with Gasteiger partial charge in [-0.3, -0.25) is 4.68 Å². The molecule has 0 fully saturated rings. The Morgan fingerprint density at radius 2 is 2.11 bits per heavy atom. The summed E-state index contributed by atoms with van der Waals surface area (Å²) in [7, 11) is 0. The fourth-order valence-electron chi connectivity index (χ4n) is 2.66. The quantitative estimate of drug-likeness (QED) is 0.391. The molecule has 0 saturated heterocycles. The Bertz CT molecular complexity index is 961. The molecule has 0 aliphatic heterocycles. The van der Waals surface area contributed by atoms with Crippen molar-refractivity contribution in [1.82, 2.24) is 14.8 Å². The number of benzene rings is 1. The molecule has 2 heterocycles. The molecule has 6 nitrogen and oxygen atoms in total. The molecule has 0 aliphatic rings. The highest BCUT2D eigenvalue weighted by molar-refractivity contribution is 6.31.